The molecule has 0 aromatic carbocycles. The first-order valence-corrected chi connectivity index (χ1v) is 12.3. The van der Waals surface area contributed by atoms with E-state index >= 15 is 0 Å². The second kappa shape index (κ2) is 13.6. The molecule has 1 fully saturated rings. The maximum absolute atomic E-state index is 12.7. The lowest BCUT2D eigenvalue weighted by Crippen LogP contribution is -2.51. The summed E-state index contributed by atoms with van der Waals surface area (Å²) < 4.78 is 5.78. The van der Waals surface area contributed by atoms with Crippen LogP contribution in [0.1, 0.15) is 91.9 Å². The molecule has 1 heterocycles. The first-order valence-electron chi connectivity index (χ1n) is 12.3. The Balaban J connectivity index is 2.37. The number of allylic oxidation sites excluding steroid dienone is 1. The summed E-state index contributed by atoms with van der Waals surface area (Å²) in [6.45, 7) is 13.9. The van der Waals surface area contributed by atoms with Crippen LogP contribution in [0.2, 0.25) is 0 Å². The Bertz CT molecular complexity index is 632. The summed E-state index contributed by atoms with van der Waals surface area (Å²) in [5, 5.41) is 9.14. The van der Waals surface area contributed by atoms with Gasteiger partial charge < -0.3 is 14.7 Å². The van der Waals surface area contributed by atoms with Crippen molar-refractivity contribution >= 4 is 17.9 Å². The van der Waals surface area contributed by atoms with Crippen molar-refractivity contribution in [2.75, 3.05) is 26.3 Å². The largest absolute Gasteiger partial charge is 0.481 e. The van der Waals surface area contributed by atoms with Gasteiger partial charge in [0.2, 0.25) is 0 Å². The van der Waals surface area contributed by atoms with Gasteiger partial charge in [0.05, 0.1) is 12.0 Å². The van der Waals surface area contributed by atoms with E-state index in [9.17, 15) is 14.4 Å². The molecule has 32 heavy (non-hydrogen) atoms. The monoisotopic (exact) mass is 452 g/mol. The molecule has 0 aliphatic carbocycles. The first-order chi connectivity index (χ1) is 15.2. The van der Waals surface area contributed by atoms with Crippen LogP contribution in [0.4, 0.5) is 4.79 Å². The molecule has 0 aromatic heterocycles. The van der Waals surface area contributed by atoms with E-state index in [2.05, 4.69) is 20.4 Å². The zero-order valence-corrected chi connectivity index (χ0v) is 20.7. The third-order valence-electron chi connectivity index (χ3n) is 7.24. The molecule has 1 rings (SSSR count). The zero-order chi connectivity index (χ0) is 24.2. The number of imide groups is 1. The van der Waals surface area contributed by atoms with Crippen molar-refractivity contribution in [1.29, 1.82) is 0 Å². The van der Waals surface area contributed by atoms with Crippen LogP contribution in [0, 0.1) is 5.41 Å². The molecule has 1 saturated heterocycles. The molecule has 1 unspecified atom stereocenters. The first kappa shape index (κ1) is 28.1. The van der Waals surface area contributed by atoms with Gasteiger partial charge in [0.1, 0.15) is 6.54 Å². The smallest absolute Gasteiger partial charge is 0.327 e. The van der Waals surface area contributed by atoms with E-state index in [1.807, 2.05) is 13.8 Å². The van der Waals surface area contributed by atoms with Gasteiger partial charge in [-0.3, -0.25) is 14.5 Å². The van der Waals surface area contributed by atoms with E-state index < -0.39 is 11.5 Å². The van der Waals surface area contributed by atoms with Gasteiger partial charge in [-0.15, -0.1) is 6.58 Å². The topological polar surface area (TPSA) is 87.2 Å². The van der Waals surface area contributed by atoms with E-state index in [1.165, 1.54) is 4.90 Å². The number of carbonyl (C=O) groups is 3. The molecule has 7 nitrogen and oxygen atoms in total. The summed E-state index contributed by atoms with van der Waals surface area (Å²) in [5.41, 5.74) is -0.732. The van der Waals surface area contributed by atoms with E-state index in [0.717, 1.165) is 57.8 Å². The highest BCUT2D eigenvalue weighted by molar-refractivity contribution is 6.02. The molecule has 184 valence electrons. The van der Waals surface area contributed by atoms with Crippen molar-refractivity contribution in [3.05, 3.63) is 12.7 Å². The standard InChI is InChI=1S/C25H44N2O5/c1-6-24(7-2,19-22(29)30)15-11-13-17-32-18-14-12-16-25(8-3,9-4)27-21(28)20-26(10-5)23(27)31/h6H,1,7-20H2,2-5H3,(H,29,30). The summed E-state index contributed by atoms with van der Waals surface area (Å²) in [5.74, 6) is -0.861. The number of urea groups is 1. The van der Waals surface area contributed by atoms with Gasteiger partial charge in [0, 0.05) is 19.8 Å². The van der Waals surface area contributed by atoms with Crippen LogP contribution in [0.25, 0.3) is 0 Å². The Morgan fingerprint density at radius 2 is 1.62 bits per heavy atom. The third kappa shape index (κ3) is 7.32. The number of carboxylic acids is 1. The minimum atomic E-state index is -0.780. The highest BCUT2D eigenvalue weighted by Gasteiger charge is 2.46. The van der Waals surface area contributed by atoms with E-state index in [-0.39, 0.29) is 30.3 Å². The molecule has 0 aromatic rings. The SMILES string of the molecule is C=CC(CC)(CCCCOCCCCC(CC)(CC)N1C(=O)CN(CC)C1=O)CC(=O)O. The van der Waals surface area contributed by atoms with Gasteiger partial charge in [-0.05, 0) is 63.7 Å². The second-order valence-electron chi connectivity index (χ2n) is 8.97. The number of rotatable bonds is 18. The van der Waals surface area contributed by atoms with Gasteiger partial charge in [0.15, 0.2) is 0 Å². The fourth-order valence-corrected chi connectivity index (χ4v) is 4.75. The highest BCUT2D eigenvalue weighted by atomic mass is 16.5. The van der Waals surface area contributed by atoms with Gasteiger partial charge >= 0.3 is 12.0 Å². The minimum Gasteiger partial charge on any atom is -0.481 e. The maximum atomic E-state index is 12.7. The lowest BCUT2D eigenvalue weighted by atomic mass is 9.77. The average Bonchev–Trinajstić information content (AvgIpc) is 3.08. The van der Waals surface area contributed by atoms with Crippen molar-refractivity contribution in [2.45, 2.75) is 97.4 Å². The minimum absolute atomic E-state index is 0.0811. The summed E-state index contributed by atoms with van der Waals surface area (Å²) >= 11 is 0. The lowest BCUT2D eigenvalue weighted by Gasteiger charge is -2.39. The maximum Gasteiger partial charge on any atom is 0.327 e. The van der Waals surface area contributed by atoms with Crippen molar-refractivity contribution in [1.82, 2.24) is 9.80 Å². The van der Waals surface area contributed by atoms with E-state index in [1.54, 1.807) is 11.0 Å². The number of nitrogens with zero attached hydrogens (tertiary/aromatic N) is 2. The Labute approximate surface area is 194 Å². The van der Waals surface area contributed by atoms with Gasteiger partial charge in [-0.2, -0.15) is 0 Å². The Morgan fingerprint density at radius 1 is 1.03 bits per heavy atom. The lowest BCUT2D eigenvalue weighted by molar-refractivity contribution is -0.139. The number of carbonyl (C=O) groups excluding carboxylic acids is 2. The quantitative estimate of drug-likeness (QED) is 0.174. The number of ether oxygens (including phenoxy) is 1. The van der Waals surface area contributed by atoms with Crippen molar-refractivity contribution in [3.8, 4) is 0 Å². The number of aliphatic carboxylic acids is 1. The Morgan fingerprint density at radius 3 is 2.06 bits per heavy atom. The number of unbranched alkanes of at least 4 members (excludes halogenated alkanes) is 2. The van der Waals surface area contributed by atoms with Gasteiger partial charge in [0.25, 0.3) is 5.91 Å². The third-order valence-corrected chi connectivity index (χ3v) is 7.24. The van der Waals surface area contributed by atoms with Crippen LogP contribution in [0.5, 0.6) is 0 Å². The molecule has 1 N–H and O–H groups in total. The molecule has 3 amide bonds. The summed E-state index contributed by atoms with van der Waals surface area (Å²) in [4.78, 5) is 39.5. The summed E-state index contributed by atoms with van der Waals surface area (Å²) in [7, 11) is 0. The fourth-order valence-electron chi connectivity index (χ4n) is 4.75. The molecule has 0 spiro atoms. The number of amides is 3. The number of likely N-dealkylation sites (N-methyl/N-ethyl adjacent to an activating group) is 1. The van der Waals surface area contributed by atoms with Crippen LogP contribution in [0.3, 0.4) is 0 Å². The molecule has 1 aliphatic rings. The molecule has 1 aliphatic heterocycles. The van der Waals surface area contributed by atoms with Gasteiger partial charge in [-0.1, -0.05) is 33.3 Å². The van der Waals surface area contributed by atoms with Crippen molar-refractivity contribution < 1.29 is 24.2 Å². The van der Waals surface area contributed by atoms with E-state index in [4.69, 9.17) is 9.84 Å². The molecular formula is C25H44N2O5. The van der Waals surface area contributed by atoms with Crippen molar-refractivity contribution in [3.63, 3.8) is 0 Å². The molecule has 0 saturated carbocycles. The Kier molecular flexibility index (Phi) is 12.0. The van der Waals surface area contributed by atoms with E-state index in [0.29, 0.717) is 19.8 Å². The van der Waals surface area contributed by atoms with Crippen LogP contribution in [0.15, 0.2) is 12.7 Å². The van der Waals surface area contributed by atoms with Crippen LogP contribution >= 0.6 is 0 Å². The van der Waals surface area contributed by atoms with Crippen LogP contribution in [-0.2, 0) is 14.3 Å². The predicted octanol–water partition coefficient (Wildman–Crippen LogP) is 5.24. The fraction of sp³-hybridized carbons (Fsp3) is 0.800. The predicted molar refractivity (Wildman–Crippen MR) is 126 cm³/mol. The second-order valence-corrected chi connectivity index (χ2v) is 8.97. The van der Waals surface area contributed by atoms with Crippen LogP contribution < -0.4 is 0 Å². The average molecular weight is 453 g/mol. The highest BCUT2D eigenvalue weighted by Crippen LogP contribution is 2.35. The normalized spacial score (nSPS) is 16.5. The number of carboxylic acid groups (broad SMARTS) is 1. The molecule has 0 bridgehead atoms. The number of hydrogen-bond acceptors (Lipinski definition) is 4. The Hall–Kier alpha value is -1.89. The van der Waals surface area contributed by atoms with Crippen molar-refractivity contribution in [2.24, 2.45) is 5.41 Å². The molecule has 7 heteroatoms. The summed E-state index contributed by atoms with van der Waals surface area (Å²) in [6.07, 6.45) is 9.43. The summed E-state index contributed by atoms with van der Waals surface area (Å²) in [6, 6.07) is -0.150. The van der Waals surface area contributed by atoms with Gasteiger partial charge in [-0.25, -0.2) is 4.79 Å². The van der Waals surface area contributed by atoms with Crippen LogP contribution in [-0.4, -0.2) is 64.7 Å². The number of hydrogen-bond donors (Lipinski definition) is 1. The molecule has 1 atom stereocenters. The zero-order valence-electron chi connectivity index (χ0n) is 20.7. The molecule has 0 radical (unpaired) electrons. The molecular weight excluding hydrogens is 408 g/mol.